The van der Waals surface area contributed by atoms with Gasteiger partial charge < -0.3 is 4.74 Å². The van der Waals surface area contributed by atoms with Crippen molar-refractivity contribution < 1.29 is 22.8 Å². The van der Waals surface area contributed by atoms with Crippen LogP contribution in [0.2, 0.25) is 0 Å². The molecule has 0 aliphatic rings. The Morgan fingerprint density at radius 1 is 1.38 bits per heavy atom. The second-order valence-corrected chi connectivity index (χ2v) is 4.05. The first-order valence-electron chi connectivity index (χ1n) is 5.84. The molecule has 0 saturated carbocycles. The van der Waals surface area contributed by atoms with Crippen molar-refractivity contribution in [3.63, 3.8) is 0 Å². The lowest BCUT2D eigenvalue weighted by atomic mass is 10.2. The van der Waals surface area contributed by atoms with Gasteiger partial charge in [-0.25, -0.2) is 0 Å². The number of ether oxygens (including phenoxy) is 1. The molecule has 0 amide bonds. The maximum Gasteiger partial charge on any atom is 0.416 e. The summed E-state index contributed by atoms with van der Waals surface area (Å²) >= 11 is 0. The smallest absolute Gasteiger partial charge is 0.416 e. The van der Waals surface area contributed by atoms with Crippen LogP contribution in [0.4, 0.5) is 18.9 Å². The van der Waals surface area contributed by atoms with Crippen molar-refractivity contribution in [3.05, 3.63) is 52.3 Å². The zero-order valence-electron chi connectivity index (χ0n) is 10.6. The van der Waals surface area contributed by atoms with Crippen LogP contribution in [0.15, 0.2) is 36.7 Å². The van der Waals surface area contributed by atoms with Gasteiger partial charge in [0.2, 0.25) is 0 Å². The standard InChI is InChI=1S/C12H10F3N3O3/c13-12(14,15)9-2-3-11(10(8-9)18(19)20)21-7-6-17-5-1-4-16-17/h1-5,8H,6-7H2. The number of alkyl halides is 3. The predicted molar refractivity (Wildman–Crippen MR) is 65.8 cm³/mol. The average Bonchev–Trinajstić information content (AvgIpc) is 2.90. The molecule has 0 radical (unpaired) electrons. The summed E-state index contributed by atoms with van der Waals surface area (Å²) in [4.78, 5) is 9.93. The highest BCUT2D eigenvalue weighted by atomic mass is 19.4. The molecule has 9 heteroatoms. The number of benzene rings is 1. The lowest BCUT2D eigenvalue weighted by Crippen LogP contribution is -2.10. The molecule has 0 N–H and O–H groups in total. The molecule has 0 unspecified atom stereocenters. The van der Waals surface area contributed by atoms with Gasteiger partial charge in [0.1, 0.15) is 6.61 Å². The number of nitro benzene ring substituents is 1. The van der Waals surface area contributed by atoms with Crippen molar-refractivity contribution in [2.45, 2.75) is 12.7 Å². The summed E-state index contributed by atoms with van der Waals surface area (Å²) in [6.45, 7) is 0.374. The summed E-state index contributed by atoms with van der Waals surface area (Å²) in [5.41, 5.74) is -1.81. The van der Waals surface area contributed by atoms with E-state index in [1.165, 1.54) is 4.68 Å². The number of aromatic nitrogens is 2. The molecular formula is C12H10F3N3O3. The normalized spacial score (nSPS) is 11.4. The quantitative estimate of drug-likeness (QED) is 0.629. The van der Waals surface area contributed by atoms with Gasteiger partial charge in [-0.1, -0.05) is 0 Å². The Kier molecular flexibility index (Phi) is 4.10. The van der Waals surface area contributed by atoms with Gasteiger partial charge in [-0.05, 0) is 18.2 Å². The van der Waals surface area contributed by atoms with E-state index in [1.807, 2.05) is 0 Å². The third kappa shape index (κ3) is 3.71. The Hall–Kier alpha value is -2.58. The minimum absolute atomic E-state index is 0.0495. The Balaban J connectivity index is 2.13. The molecule has 0 bridgehead atoms. The van der Waals surface area contributed by atoms with Crippen LogP contribution in [0.3, 0.4) is 0 Å². The number of rotatable bonds is 5. The van der Waals surface area contributed by atoms with Crippen LogP contribution in [0, 0.1) is 10.1 Å². The monoisotopic (exact) mass is 301 g/mol. The van der Waals surface area contributed by atoms with Gasteiger partial charge >= 0.3 is 11.9 Å². The number of nitro groups is 1. The van der Waals surface area contributed by atoms with Gasteiger partial charge in [0.15, 0.2) is 5.75 Å². The number of nitrogens with zero attached hydrogens (tertiary/aromatic N) is 3. The topological polar surface area (TPSA) is 70.2 Å². The highest BCUT2D eigenvalue weighted by Crippen LogP contribution is 2.35. The first-order valence-corrected chi connectivity index (χ1v) is 5.84. The summed E-state index contributed by atoms with van der Waals surface area (Å²) in [6.07, 6.45) is -1.41. The van der Waals surface area contributed by atoms with Crippen LogP contribution in [-0.4, -0.2) is 21.3 Å². The predicted octanol–water partition coefficient (Wildman–Crippen LogP) is 2.89. The van der Waals surface area contributed by atoms with E-state index in [-0.39, 0.29) is 12.4 Å². The summed E-state index contributed by atoms with van der Waals surface area (Å²) in [5, 5.41) is 14.7. The van der Waals surface area contributed by atoms with Gasteiger partial charge in [-0.3, -0.25) is 14.8 Å². The maximum atomic E-state index is 12.5. The van der Waals surface area contributed by atoms with Gasteiger partial charge in [0.05, 0.1) is 17.0 Å². The minimum atomic E-state index is -4.64. The fourth-order valence-electron chi connectivity index (χ4n) is 1.64. The third-order valence-corrected chi connectivity index (χ3v) is 2.62. The second kappa shape index (κ2) is 5.81. The highest BCUT2D eigenvalue weighted by Gasteiger charge is 2.33. The Labute approximate surface area is 116 Å². The lowest BCUT2D eigenvalue weighted by molar-refractivity contribution is -0.386. The van der Waals surface area contributed by atoms with Gasteiger partial charge in [-0.15, -0.1) is 0 Å². The number of hydrogen-bond acceptors (Lipinski definition) is 4. The Bertz CT molecular complexity index is 626. The van der Waals surface area contributed by atoms with E-state index < -0.39 is 22.4 Å². The van der Waals surface area contributed by atoms with E-state index in [9.17, 15) is 23.3 Å². The molecule has 112 valence electrons. The molecule has 1 aromatic carbocycles. The zero-order valence-corrected chi connectivity index (χ0v) is 10.6. The molecule has 0 aliphatic carbocycles. The molecule has 2 aromatic rings. The lowest BCUT2D eigenvalue weighted by Gasteiger charge is -2.10. The highest BCUT2D eigenvalue weighted by molar-refractivity contribution is 5.49. The molecule has 0 fully saturated rings. The van der Waals surface area contributed by atoms with Crippen LogP contribution >= 0.6 is 0 Å². The largest absolute Gasteiger partial charge is 0.485 e. The number of halogens is 3. The molecule has 0 saturated heterocycles. The Morgan fingerprint density at radius 2 is 2.14 bits per heavy atom. The molecule has 2 rings (SSSR count). The SMILES string of the molecule is O=[N+]([O-])c1cc(C(F)(F)F)ccc1OCCn1cccn1. The van der Waals surface area contributed by atoms with E-state index in [4.69, 9.17) is 4.74 Å². The van der Waals surface area contributed by atoms with E-state index in [0.717, 1.165) is 12.1 Å². The van der Waals surface area contributed by atoms with E-state index in [0.29, 0.717) is 12.6 Å². The molecule has 0 atom stereocenters. The summed E-state index contributed by atoms with van der Waals surface area (Å²) in [6, 6.07) is 3.85. The van der Waals surface area contributed by atoms with E-state index >= 15 is 0 Å². The Morgan fingerprint density at radius 3 is 2.71 bits per heavy atom. The van der Waals surface area contributed by atoms with Crippen molar-refractivity contribution in [2.24, 2.45) is 0 Å². The first-order chi connectivity index (χ1) is 9.88. The van der Waals surface area contributed by atoms with Crippen LogP contribution in [0.5, 0.6) is 5.75 Å². The van der Waals surface area contributed by atoms with Crippen LogP contribution < -0.4 is 4.74 Å². The van der Waals surface area contributed by atoms with Crippen LogP contribution in [0.1, 0.15) is 5.56 Å². The minimum Gasteiger partial charge on any atom is -0.485 e. The van der Waals surface area contributed by atoms with E-state index in [1.54, 1.807) is 18.5 Å². The van der Waals surface area contributed by atoms with Crippen molar-refractivity contribution in [1.82, 2.24) is 9.78 Å². The molecule has 6 nitrogen and oxygen atoms in total. The van der Waals surface area contributed by atoms with Gasteiger partial charge in [0, 0.05) is 18.5 Å². The van der Waals surface area contributed by atoms with E-state index in [2.05, 4.69) is 5.10 Å². The number of hydrogen-bond donors (Lipinski definition) is 0. The second-order valence-electron chi connectivity index (χ2n) is 4.05. The van der Waals surface area contributed by atoms with Crippen LogP contribution in [-0.2, 0) is 12.7 Å². The van der Waals surface area contributed by atoms with Crippen molar-refractivity contribution in [2.75, 3.05) is 6.61 Å². The maximum absolute atomic E-state index is 12.5. The van der Waals surface area contributed by atoms with Gasteiger partial charge in [0.25, 0.3) is 0 Å². The summed E-state index contributed by atoms with van der Waals surface area (Å²) in [7, 11) is 0. The van der Waals surface area contributed by atoms with Crippen LogP contribution in [0.25, 0.3) is 0 Å². The average molecular weight is 301 g/mol. The van der Waals surface area contributed by atoms with Crippen molar-refractivity contribution in [1.29, 1.82) is 0 Å². The zero-order chi connectivity index (χ0) is 15.5. The molecule has 0 aliphatic heterocycles. The summed E-state index contributed by atoms with van der Waals surface area (Å²) < 4.78 is 44.3. The van der Waals surface area contributed by atoms with Crippen molar-refractivity contribution >= 4 is 5.69 Å². The summed E-state index contributed by atoms with van der Waals surface area (Å²) in [5.74, 6) is -0.208. The fraction of sp³-hybridized carbons (Fsp3) is 0.250. The van der Waals surface area contributed by atoms with Gasteiger partial charge in [-0.2, -0.15) is 18.3 Å². The molecule has 1 heterocycles. The van der Waals surface area contributed by atoms with Crippen molar-refractivity contribution in [3.8, 4) is 5.75 Å². The third-order valence-electron chi connectivity index (χ3n) is 2.62. The molecule has 0 spiro atoms. The first kappa shape index (κ1) is 14.8. The molecular weight excluding hydrogens is 291 g/mol. The fourth-order valence-corrected chi connectivity index (χ4v) is 1.64. The molecule has 21 heavy (non-hydrogen) atoms. The molecule has 1 aromatic heterocycles.